The molecule has 0 bridgehead atoms. The van der Waals surface area contributed by atoms with Crippen LogP contribution in [-0.2, 0) is 16.1 Å². The maximum atomic E-state index is 11.8. The second-order valence-electron chi connectivity index (χ2n) is 5.67. The zero-order valence-corrected chi connectivity index (χ0v) is 14.1. The van der Waals surface area contributed by atoms with Crippen LogP contribution in [0.15, 0.2) is 53.6 Å². The molecule has 0 atom stereocenters. The van der Waals surface area contributed by atoms with Gasteiger partial charge in [0.15, 0.2) is 11.5 Å². The summed E-state index contributed by atoms with van der Waals surface area (Å²) in [6.45, 7) is 0.655. The van der Waals surface area contributed by atoms with Gasteiger partial charge in [0.05, 0.1) is 6.21 Å². The van der Waals surface area contributed by atoms with Gasteiger partial charge in [-0.25, -0.2) is 5.43 Å². The van der Waals surface area contributed by atoms with E-state index >= 15 is 0 Å². The Morgan fingerprint density at radius 3 is 2.62 bits per heavy atom. The minimum atomic E-state index is -0.322. The second kappa shape index (κ2) is 8.66. The number of hydrogen-bond donors (Lipinski definition) is 2. The minimum absolute atomic E-state index is 0.0686. The summed E-state index contributed by atoms with van der Waals surface area (Å²) in [5.74, 6) is 0.837. The summed E-state index contributed by atoms with van der Waals surface area (Å²) in [4.78, 5) is 23.5. The molecule has 134 valence electrons. The van der Waals surface area contributed by atoms with E-state index in [1.54, 1.807) is 18.2 Å². The molecule has 0 aliphatic carbocycles. The monoisotopic (exact) mass is 353 g/mol. The van der Waals surface area contributed by atoms with Gasteiger partial charge in [0.2, 0.25) is 18.6 Å². The molecule has 1 aliphatic heterocycles. The Labute approximate surface area is 151 Å². The molecular formula is C19H19N3O4. The number of rotatable bonds is 7. The van der Waals surface area contributed by atoms with Crippen molar-refractivity contribution in [1.29, 1.82) is 0 Å². The zero-order valence-electron chi connectivity index (χ0n) is 14.1. The Hall–Kier alpha value is -3.35. The van der Waals surface area contributed by atoms with Crippen LogP contribution in [0.1, 0.15) is 24.0 Å². The number of carbonyl (C=O) groups is 2. The van der Waals surface area contributed by atoms with Gasteiger partial charge in [-0.15, -0.1) is 0 Å². The topological polar surface area (TPSA) is 89.0 Å². The van der Waals surface area contributed by atoms with Crippen LogP contribution in [-0.4, -0.2) is 24.8 Å². The Kier molecular flexibility index (Phi) is 5.82. The fourth-order valence-corrected chi connectivity index (χ4v) is 2.34. The van der Waals surface area contributed by atoms with Gasteiger partial charge in [0, 0.05) is 19.4 Å². The Morgan fingerprint density at radius 2 is 1.77 bits per heavy atom. The number of nitrogens with zero attached hydrogens (tertiary/aromatic N) is 1. The first kappa shape index (κ1) is 17.5. The lowest BCUT2D eigenvalue weighted by atomic mass is 10.2. The molecule has 2 amide bonds. The van der Waals surface area contributed by atoms with E-state index in [-0.39, 0.29) is 31.4 Å². The first-order valence-electron chi connectivity index (χ1n) is 8.23. The molecule has 0 aromatic heterocycles. The van der Waals surface area contributed by atoms with Crippen LogP contribution in [0.4, 0.5) is 0 Å². The number of fused-ring (bicyclic) bond motifs is 1. The largest absolute Gasteiger partial charge is 0.454 e. The average Bonchev–Trinajstić information content (AvgIpc) is 3.13. The van der Waals surface area contributed by atoms with E-state index < -0.39 is 0 Å². The highest BCUT2D eigenvalue weighted by Gasteiger charge is 2.12. The second-order valence-corrected chi connectivity index (χ2v) is 5.67. The molecule has 2 N–H and O–H groups in total. The fourth-order valence-electron chi connectivity index (χ4n) is 2.34. The van der Waals surface area contributed by atoms with Crippen LogP contribution >= 0.6 is 0 Å². The molecule has 0 saturated heterocycles. The van der Waals surface area contributed by atoms with Crippen LogP contribution in [0.2, 0.25) is 0 Å². The van der Waals surface area contributed by atoms with Gasteiger partial charge < -0.3 is 14.8 Å². The van der Waals surface area contributed by atoms with Crippen molar-refractivity contribution in [1.82, 2.24) is 10.7 Å². The lowest BCUT2D eigenvalue weighted by Gasteiger charge is -2.05. The van der Waals surface area contributed by atoms with Crippen LogP contribution in [0.3, 0.4) is 0 Å². The molecule has 7 heteroatoms. The lowest BCUT2D eigenvalue weighted by Crippen LogP contribution is -2.25. The van der Waals surface area contributed by atoms with Gasteiger partial charge in [-0.2, -0.15) is 5.10 Å². The molecule has 0 fully saturated rings. The predicted molar refractivity (Wildman–Crippen MR) is 95.8 cm³/mol. The van der Waals surface area contributed by atoms with E-state index in [9.17, 15) is 9.59 Å². The molecule has 0 radical (unpaired) electrons. The SMILES string of the molecule is O=C(CCC(=O)N/N=C\c1ccc2c(c1)OCO2)NCc1ccccc1. The third-order valence-electron chi connectivity index (χ3n) is 3.71. The zero-order chi connectivity index (χ0) is 18.2. The Morgan fingerprint density at radius 1 is 1.00 bits per heavy atom. The van der Waals surface area contributed by atoms with Gasteiger partial charge in [-0.3, -0.25) is 9.59 Å². The number of benzene rings is 2. The number of nitrogens with one attached hydrogen (secondary N) is 2. The highest BCUT2D eigenvalue weighted by Crippen LogP contribution is 2.31. The van der Waals surface area contributed by atoms with Gasteiger partial charge in [0.1, 0.15) is 0 Å². The Balaban J connectivity index is 1.36. The molecule has 26 heavy (non-hydrogen) atoms. The van der Waals surface area contributed by atoms with Crippen LogP contribution in [0.5, 0.6) is 11.5 Å². The highest BCUT2D eigenvalue weighted by molar-refractivity contribution is 5.85. The first-order valence-corrected chi connectivity index (χ1v) is 8.23. The molecule has 0 saturated carbocycles. The van der Waals surface area contributed by atoms with Crippen molar-refractivity contribution in [3.8, 4) is 11.5 Å². The van der Waals surface area contributed by atoms with Crippen molar-refractivity contribution in [2.24, 2.45) is 5.10 Å². The number of hydrogen-bond acceptors (Lipinski definition) is 5. The molecule has 7 nitrogen and oxygen atoms in total. The van der Waals surface area contributed by atoms with E-state index in [0.717, 1.165) is 11.1 Å². The van der Waals surface area contributed by atoms with Crippen LogP contribution in [0.25, 0.3) is 0 Å². The summed E-state index contributed by atoms with van der Waals surface area (Å²) in [5.41, 5.74) is 4.19. The van der Waals surface area contributed by atoms with Crippen LogP contribution < -0.4 is 20.2 Å². The molecule has 1 aliphatic rings. The molecule has 2 aromatic rings. The summed E-state index contributed by atoms with van der Waals surface area (Å²) in [5, 5.41) is 6.66. The van der Waals surface area contributed by atoms with Crippen LogP contribution in [0, 0.1) is 0 Å². The summed E-state index contributed by atoms with van der Waals surface area (Å²) >= 11 is 0. The summed E-state index contributed by atoms with van der Waals surface area (Å²) in [6, 6.07) is 15.0. The summed E-state index contributed by atoms with van der Waals surface area (Å²) in [7, 11) is 0. The van der Waals surface area contributed by atoms with E-state index in [1.165, 1.54) is 6.21 Å². The van der Waals surface area contributed by atoms with Crippen molar-refractivity contribution in [2.45, 2.75) is 19.4 Å². The van der Waals surface area contributed by atoms with Gasteiger partial charge >= 0.3 is 0 Å². The van der Waals surface area contributed by atoms with Crippen molar-refractivity contribution >= 4 is 18.0 Å². The van der Waals surface area contributed by atoms with E-state index in [2.05, 4.69) is 15.8 Å². The number of ether oxygens (including phenoxy) is 2. The number of carbonyl (C=O) groups excluding carboxylic acids is 2. The molecule has 3 rings (SSSR count). The van der Waals surface area contributed by atoms with Gasteiger partial charge in [-0.1, -0.05) is 30.3 Å². The molecule has 2 aromatic carbocycles. The first-order chi connectivity index (χ1) is 12.7. The molecule has 1 heterocycles. The van der Waals surface area contributed by atoms with E-state index in [4.69, 9.17) is 9.47 Å². The third kappa shape index (κ3) is 5.07. The molecular weight excluding hydrogens is 334 g/mol. The number of amides is 2. The maximum absolute atomic E-state index is 11.8. The van der Waals surface area contributed by atoms with Gasteiger partial charge in [0.25, 0.3) is 0 Å². The predicted octanol–water partition coefficient (Wildman–Crippen LogP) is 1.96. The maximum Gasteiger partial charge on any atom is 0.240 e. The highest BCUT2D eigenvalue weighted by atomic mass is 16.7. The molecule has 0 unspecified atom stereocenters. The quantitative estimate of drug-likeness (QED) is 0.588. The smallest absolute Gasteiger partial charge is 0.240 e. The lowest BCUT2D eigenvalue weighted by molar-refractivity contribution is -0.126. The minimum Gasteiger partial charge on any atom is -0.454 e. The van der Waals surface area contributed by atoms with Crippen molar-refractivity contribution in [3.05, 3.63) is 59.7 Å². The van der Waals surface area contributed by atoms with Crippen molar-refractivity contribution in [3.63, 3.8) is 0 Å². The standard InChI is InChI=1S/C19H19N3O4/c23-18(20-11-14-4-2-1-3-5-14)8-9-19(24)22-21-12-15-6-7-16-17(10-15)26-13-25-16/h1-7,10,12H,8-9,11,13H2,(H,20,23)(H,22,24)/b21-12-. The molecule has 0 spiro atoms. The Bertz CT molecular complexity index is 806. The van der Waals surface area contributed by atoms with Crippen molar-refractivity contribution < 1.29 is 19.1 Å². The third-order valence-corrected chi connectivity index (χ3v) is 3.71. The van der Waals surface area contributed by atoms with E-state index in [1.807, 2.05) is 30.3 Å². The van der Waals surface area contributed by atoms with E-state index in [0.29, 0.717) is 18.0 Å². The fraction of sp³-hybridized carbons (Fsp3) is 0.211. The summed E-state index contributed by atoms with van der Waals surface area (Å²) < 4.78 is 10.5. The normalized spacial score (nSPS) is 12.2. The summed E-state index contributed by atoms with van der Waals surface area (Å²) in [6.07, 6.45) is 1.69. The average molecular weight is 353 g/mol. The van der Waals surface area contributed by atoms with Gasteiger partial charge in [-0.05, 0) is 29.3 Å². The number of hydrazone groups is 1. The van der Waals surface area contributed by atoms with Crippen molar-refractivity contribution in [2.75, 3.05) is 6.79 Å².